The van der Waals surface area contributed by atoms with Gasteiger partial charge >= 0.3 is 0 Å². The first-order chi connectivity index (χ1) is 9.52. The summed E-state index contributed by atoms with van der Waals surface area (Å²) < 4.78 is 21.7. The van der Waals surface area contributed by atoms with Crippen LogP contribution in [0.25, 0.3) is 11.2 Å². The van der Waals surface area contributed by atoms with E-state index in [1.165, 1.54) is 10.9 Å². The lowest BCUT2D eigenvalue weighted by Crippen LogP contribution is -2.20. The molecule has 1 fully saturated rings. The van der Waals surface area contributed by atoms with Crippen molar-refractivity contribution in [3.05, 3.63) is 11.6 Å². The number of halogens is 2. The standard InChI is InChI=1S/C12H15ClFN5O/c1-3-6-5(2)7(14)11(20-6)19-4-16-8-9(15)17-12(13)18-10(8)19/h4-7,11H,3H2,1-2H3,(H2,15,17,18)/t5-,6+,7?,11?/m0/s1. The van der Waals surface area contributed by atoms with E-state index in [0.717, 1.165) is 6.42 Å². The van der Waals surface area contributed by atoms with Gasteiger partial charge in [-0.3, -0.25) is 4.57 Å². The average molecular weight is 300 g/mol. The van der Waals surface area contributed by atoms with Gasteiger partial charge in [-0.05, 0) is 18.0 Å². The number of rotatable bonds is 2. The molecule has 2 aromatic rings. The lowest BCUT2D eigenvalue weighted by molar-refractivity contribution is -0.0186. The molecular formula is C12H15ClFN5O. The number of fused-ring (bicyclic) bond motifs is 1. The number of nitrogens with two attached hydrogens (primary N) is 1. The molecule has 0 bridgehead atoms. The Hall–Kier alpha value is -1.47. The second-order valence-corrected chi connectivity index (χ2v) is 5.32. The SMILES string of the molecule is CC[C@H]1OC(n2cnc3c(N)nc(Cl)nc32)C(F)[C@H]1C. The molecule has 3 heterocycles. The lowest BCUT2D eigenvalue weighted by Gasteiger charge is -2.15. The molecule has 8 heteroatoms. The molecule has 0 saturated carbocycles. The average Bonchev–Trinajstić information content (AvgIpc) is 2.93. The summed E-state index contributed by atoms with van der Waals surface area (Å²) in [6, 6.07) is 0. The molecule has 20 heavy (non-hydrogen) atoms. The molecule has 1 aliphatic heterocycles. The molecule has 6 nitrogen and oxygen atoms in total. The maximum Gasteiger partial charge on any atom is 0.226 e. The van der Waals surface area contributed by atoms with Crippen LogP contribution in [0, 0.1) is 5.92 Å². The van der Waals surface area contributed by atoms with Crippen LogP contribution in [-0.2, 0) is 4.74 Å². The van der Waals surface area contributed by atoms with E-state index in [1.54, 1.807) is 0 Å². The van der Waals surface area contributed by atoms with E-state index in [4.69, 9.17) is 22.1 Å². The zero-order valence-electron chi connectivity index (χ0n) is 11.1. The van der Waals surface area contributed by atoms with Gasteiger partial charge < -0.3 is 10.5 Å². The van der Waals surface area contributed by atoms with E-state index in [1.807, 2.05) is 13.8 Å². The van der Waals surface area contributed by atoms with Gasteiger partial charge in [0, 0.05) is 5.92 Å². The van der Waals surface area contributed by atoms with Gasteiger partial charge in [0.05, 0.1) is 12.4 Å². The number of nitrogen functional groups attached to an aromatic ring is 1. The van der Waals surface area contributed by atoms with Crippen molar-refractivity contribution in [1.29, 1.82) is 0 Å². The van der Waals surface area contributed by atoms with Gasteiger partial charge in [0.25, 0.3) is 0 Å². The Morgan fingerprint density at radius 3 is 2.90 bits per heavy atom. The molecule has 3 rings (SSSR count). The minimum Gasteiger partial charge on any atom is -0.382 e. The molecule has 0 amide bonds. The molecule has 4 atom stereocenters. The van der Waals surface area contributed by atoms with Crippen molar-refractivity contribution in [1.82, 2.24) is 19.5 Å². The third kappa shape index (κ3) is 1.92. The third-order valence-electron chi connectivity index (χ3n) is 3.77. The van der Waals surface area contributed by atoms with Crippen LogP contribution >= 0.6 is 11.6 Å². The summed E-state index contributed by atoms with van der Waals surface area (Å²) in [4.78, 5) is 12.0. The van der Waals surface area contributed by atoms with Crippen LogP contribution in [0.15, 0.2) is 6.33 Å². The van der Waals surface area contributed by atoms with Crippen molar-refractivity contribution in [2.45, 2.75) is 38.8 Å². The fourth-order valence-electron chi connectivity index (χ4n) is 2.63. The highest BCUT2D eigenvalue weighted by Gasteiger charge is 2.43. The molecule has 0 aliphatic carbocycles. The van der Waals surface area contributed by atoms with E-state index in [0.29, 0.717) is 11.2 Å². The maximum atomic E-state index is 14.4. The molecule has 1 aliphatic rings. The summed E-state index contributed by atoms with van der Waals surface area (Å²) in [5.41, 5.74) is 6.53. The fourth-order valence-corrected chi connectivity index (χ4v) is 2.80. The van der Waals surface area contributed by atoms with Crippen LogP contribution in [0.4, 0.5) is 10.2 Å². The number of hydrogen-bond donors (Lipinski definition) is 1. The zero-order chi connectivity index (χ0) is 14.4. The summed E-state index contributed by atoms with van der Waals surface area (Å²) in [6.07, 6.45) is 0.205. The highest BCUT2D eigenvalue weighted by molar-refractivity contribution is 6.28. The molecule has 1 saturated heterocycles. The molecule has 2 unspecified atom stereocenters. The zero-order valence-corrected chi connectivity index (χ0v) is 11.9. The Kier molecular flexibility index (Phi) is 3.25. The van der Waals surface area contributed by atoms with Crippen molar-refractivity contribution >= 4 is 28.6 Å². The van der Waals surface area contributed by atoms with Gasteiger partial charge in [-0.25, -0.2) is 9.37 Å². The minimum absolute atomic E-state index is 0.00486. The van der Waals surface area contributed by atoms with E-state index in [2.05, 4.69) is 15.0 Å². The van der Waals surface area contributed by atoms with E-state index in [9.17, 15) is 4.39 Å². The number of nitrogens with zero attached hydrogens (tertiary/aromatic N) is 4. The fraction of sp³-hybridized carbons (Fsp3) is 0.583. The highest BCUT2D eigenvalue weighted by Crippen LogP contribution is 2.38. The van der Waals surface area contributed by atoms with Gasteiger partial charge in [-0.15, -0.1) is 0 Å². The van der Waals surface area contributed by atoms with Crippen molar-refractivity contribution in [2.24, 2.45) is 5.92 Å². The number of imidazole rings is 1. The Labute approximate surface area is 120 Å². The van der Waals surface area contributed by atoms with Crippen molar-refractivity contribution in [3.63, 3.8) is 0 Å². The Bertz CT molecular complexity index is 648. The van der Waals surface area contributed by atoms with E-state index >= 15 is 0 Å². The van der Waals surface area contributed by atoms with Crippen LogP contribution in [0.2, 0.25) is 5.28 Å². The van der Waals surface area contributed by atoms with Gasteiger partial charge in [0.2, 0.25) is 5.28 Å². The van der Waals surface area contributed by atoms with E-state index < -0.39 is 12.4 Å². The summed E-state index contributed by atoms with van der Waals surface area (Å²) in [6.45, 7) is 3.81. The van der Waals surface area contributed by atoms with Crippen molar-refractivity contribution in [2.75, 3.05) is 5.73 Å². The van der Waals surface area contributed by atoms with Gasteiger partial charge in [-0.1, -0.05) is 13.8 Å². The quantitative estimate of drug-likeness (QED) is 0.861. The smallest absolute Gasteiger partial charge is 0.226 e. The summed E-state index contributed by atoms with van der Waals surface area (Å²) in [5.74, 6) is -0.00986. The molecule has 0 aromatic carbocycles. The predicted molar refractivity (Wildman–Crippen MR) is 73.0 cm³/mol. The normalized spacial score (nSPS) is 30.2. The summed E-state index contributed by atoms with van der Waals surface area (Å²) >= 11 is 5.80. The molecule has 2 N–H and O–H groups in total. The highest BCUT2D eigenvalue weighted by atomic mass is 35.5. The van der Waals surface area contributed by atoms with Gasteiger partial charge in [0.15, 0.2) is 23.9 Å². The van der Waals surface area contributed by atoms with Crippen LogP contribution < -0.4 is 5.73 Å². The number of anilines is 1. The number of hydrogen-bond acceptors (Lipinski definition) is 5. The van der Waals surface area contributed by atoms with Gasteiger partial charge in [0.1, 0.15) is 5.52 Å². The monoisotopic (exact) mass is 299 g/mol. The number of ether oxygens (including phenoxy) is 1. The van der Waals surface area contributed by atoms with Crippen LogP contribution in [0.1, 0.15) is 26.5 Å². The van der Waals surface area contributed by atoms with Crippen molar-refractivity contribution in [3.8, 4) is 0 Å². The van der Waals surface area contributed by atoms with Crippen molar-refractivity contribution < 1.29 is 9.13 Å². The maximum absolute atomic E-state index is 14.4. The Morgan fingerprint density at radius 2 is 2.25 bits per heavy atom. The Morgan fingerprint density at radius 1 is 1.50 bits per heavy atom. The molecule has 0 radical (unpaired) electrons. The lowest BCUT2D eigenvalue weighted by atomic mass is 10.00. The molecule has 108 valence electrons. The molecule has 0 spiro atoms. The van der Waals surface area contributed by atoms with Gasteiger partial charge in [-0.2, -0.15) is 9.97 Å². The third-order valence-corrected chi connectivity index (χ3v) is 3.94. The molecule has 2 aromatic heterocycles. The first kappa shape index (κ1) is 13.5. The molecular weight excluding hydrogens is 285 g/mol. The summed E-state index contributed by atoms with van der Waals surface area (Å²) in [5, 5.41) is 0.00486. The van der Waals surface area contributed by atoms with Crippen LogP contribution in [0.5, 0.6) is 0 Å². The number of aromatic nitrogens is 4. The van der Waals surface area contributed by atoms with E-state index in [-0.39, 0.29) is 23.1 Å². The number of alkyl halides is 1. The minimum atomic E-state index is -1.13. The first-order valence-electron chi connectivity index (χ1n) is 6.48. The first-order valence-corrected chi connectivity index (χ1v) is 6.85. The topological polar surface area (TPSA) is 78.9 Å². The second-order valence-electron chi connectivity index (χ2n) is 4.98. The Balaban J connectivity index is 2.07. The second kappa shape index (κ2) is 4.82. The predicted octanol–water partition coefficient (Wildman–Crippen LogP) is 2.34. The van der Waals surface area contributed by atoms with Crippen LogP contribution in [-0.4, -0.2) is 31.8 Å². The summed E-state index contributed by atoms with van der Waals surface area (Å²) in [7, 11) is 0. The van der Waals surface area contributed by atoms with Crippen LogP contribution in [0.3, 0.4) is 0 Å². The largest absolute Gasteiger partial charge is 0.382 e.